The van der Waals surface area contributed by atoms with Crippen molar-refractivity contribution in [3.8, 4) is 0 Å². The summed E-state index contributed by atoms with van der Waals surface area (Å²) in [5.41, 5.74) is 0. The van der Waals surface area contributed by atoms with Crippen molar-refractivity contribution < 1.29 is 87.7 Å². The smallest absolute Gasteiger partial charge is 0.907 e. The van der Waals surface area contributed by atoms with Crippen LogP contribution in [-0.2, 0) is 32.7 Å². The number of hydrogen-bond acceptors (Lipinski definition) is 3. The minimum Gasteiger partial charge on any atom is -0.907 e. The van der Waals surface area contributed by atoms with Crippen molar-refractivity contribution in [2.75, 3.05) is 0 Å². The summed E-state index contributed by atoms with van der Waals surface area (Å²) < 4.78 is 0. The van der Waals surface area contributed by atoms with Gasteiger partial charge in [0.25, 0.3) is 0 Å². The van der Waals surface area contributed by atoms with Gasteiger partial charge in [-0.3, -0.25) is 7.32 Å². The molecule has 0 atom stereocenters. The van der Waals surface area contributed by atoms with E-state index in [1.54, 1.807) is 0 Å². The van der Waals surface area contributed by atoms with Crippen LogP contribution < -0.4 is 15.1 Å². The maximum absolute atomic E-state index is 8.42. The zero-order valence-electron chi connectivity index (χ0n) is 2.73. The van der Waals surface area contributed by atoms with E-state index >= 15 is 0 Å². The minimum absolute atomic E-state index is 0. The minimum atomic E-state index is -2.92. The Morgan fingerprint density at radius 3 is 1.00 bits per heavy atom. The van der Waals surface area contributed by atoms with E-state index in [-0.39, 0.29) is 72.6 Å². The van der Waals surface area contributed by atoms with E-state index in [1.165, 1.54) is 0 Å². The van der Waals surface area contributed by atoms with E-state index < -0.39 is 7.32 Å². The monoisotopic (exact) mass is 306 g/mol. The molecule has 0 saturated heterocycles. The van der Waals surface area contributed by atoms with Crippen molar-refractivity contribution in [1.29, 1.82) is 0 Å². The first-order chi connectivity index (χ1) is 1.73. The van der Waals surface area contributed by atoms with E-state index in [1.807, 2.05) is 0 Å². The quantitative estimate of drug-likeness (QED) is 0.429. The van der Waals surface area contributed by atoms with Crippen LogP contribution in [0.25, 0.3) is 0 Å². The van der Waals surface area contributed by atoms with Crippen LogP contribution in [0.3, 0.4) is 0 Å². The van der Waals surface area contributed by atoms with E-state index in [9.17, 15) is 0 Å². The molecule has 0 amide bonds. The number of hydrogen-bond donors (Lipinski definition) is 0. The summed E-state index contributed by atoms with van der Waals surface area (Å²) in [6, 6.07) is 0. The summed E-state index contributed by atoms with van der Waals surface area (Å²) in [6.07, 6.45) is 0. The van der Waals surface area contributed by atoms with Crippen LogP contribution >= 0.6 is 0 Å². The maximum atomic E-state index is 8.42. The van der Waals surface area contributed by atoms with Gasteiger partial charge >= 0.3 is 72.6 Å². The Kier molecular flexibility index (Phi) is 27.3. The molecule has 6 heavy (non-hydrogen) atoms. The SMILES string of the molecule is [Gd+3].[O-]B([O-])[O-].[Y+3]. The van der Waals surface area contributed by atoms with Crippen molar-refractivity contribution in [3.63, 3.8) is 0 Å². The molecule has 0 heterocycles. The topological polar surface area (TPSA) is 69.2 Å². The van der Waals surface area contributed by atoms with E-state index in [0.29, 0.717) is 0 Å². The van der Waals surface area contributed by atoms with Gasteiger partial charge in [0.15, 0.2) is 0 Å². The fourth-order valence-corrected chi connectivity index (χ4v) is 0. The standard InChI is InChI=1S/BO3.Gd.Y/c2-1(3)4;;/q-3;2*+3. The van der Waals surface area contributed by atoms with Gasteiger partial charge in [0.05, 0.1) is 0 Å². The first kappa shape index (κ1) is 15.8. The molecule has 1 radical (unpaired) electrons. The maximum Gasteiger partial charge on any atom is 3.00 e. The van der Waals surface area contributed by atoms with Crippen LogP contribution in [0.4, 0.5) is 0 Å². The van der Waals surface area contributed by atoms with E-state index in [2.05, 4.69) is 0 Å². The van der Waals surface area contributed by atoms with Gasteiger partial charge in [-0.1, -0.05) is 0 Å². The molecule has 0 aromatic rings. The molecule has 29 valence electrons. The van der Waals surface area contributed by atoms with Crippen LogP contribution in [0.15, 0.2) is 0 Å². The predicted molar refractivity (Wildman–Crippen MR) is 5.75 cm³/mol. The third-order valence-corrected chi connectivity index (χ3v) is 0. The molecule has 3 nitrogen and oxygen atoms in total. The molecular formula is BGdO3Y+3. The molecule has 0 saturated carbocycles. The van der Waals surface area contributed by atoms with Crippen molar-refractivity contribution in [3.05, 3.63) is 0 Å². The van der Waals surface area contributed by atoms with Gasteiger partial charge in [-0.25, -0.2) is 0 Å². The molecule has 0 spiro atoms. The fourth-order valence-electron chi connectivity index (χ4n) is 0. The van der Waals surface area contributed by atoms with Crippen LogP contribution in [0.1, 0.15) is 0 Å². The first-order valence-electron chi connectivity index (χ1n) is 0.707. The molecule has 0 N–H and O–H groups in total. The molecule has 0 aromatic carbocycles. The van der Waals surface area contributed by atoms with Crippen molar-refractivity contribution in [1.82, 2.24) is 0 Å². The van der Waals surface area contributed by atoms with Gasteiger partial charge in [0.1, 0.15) is 0 Å². The second kappa shape index (κ2) is 10.4. The third kappa shape index (κ3) is 32.7. The van der Waals surface area contributed by atoms with Gasteiger partial charge in [0, 0.05) is 0 Å². The summed E-state index contributed by atoms with van der Waals surface area (Å²) >= 11 is 0. The Hall–Kier alpha value is 2.37. The number of rotatable bonds is 0. The summed E-state index contributed by atoms with van der Waals surface area (Å²) in [5, 5.41) is 25.2. The second-order valence-electron chi connectivity index (χ2n) is 0.289. The van der Waals surface area contributed by atoms with Gasteiger partial charge in [0.2, 0.25) is 0 Å². The van der Waals surface area contributed by atoms with Crippen LogP contribution in [-0.4, -0.2) is 7.32 Å². The van der Waals surface area contributed by atoms with Gasteiger partial charge in [-0.2, -0.15) is 0 Å². The average Bonchev–Trinajstić information content (AvgIpc) is 0.811. The predicted octanol–water partition coefficient (Wildman–Crippen LogP) is -3.95. The second-order valence-corrected chi connectivity index (χ2v) is 0.289. The Bertz CT molecular complexity index is 15.5. The molecule has 0 aliphatic carbocycles. The van der Waals surface area contributed by atoms with Gasteiger partial charge in [-0.15, -0.1) is 0 Å². The molecule has 6 heteroatoms. The molecular weight excluding hydrogens is 305 g/mol. The Morgan fingerprint density at radius 2 is 1.00 bits per heavy atom. The summed E-state index contributed by atoms with van der Waals surface area (Å²) in [6.45, 7) is 0. The Morgan fingerprint density at radius 1 is 1.00 bits per heavy atom. The van der Waals surface area contributed by atoms with Crippen LogP contribution in [0, 0.1) is 39.9 Å². The zero-order valence-corrected chi connectivity index (χ0v) is 7.84. The molecule has 0 aromatic heterocycles. The Labute approximate surface area is 93.3 Å². The molecule has 0 rings (SSSR count). The Balaban J connectivity index is -0.0000000450. The van der Waals surface area contributed by atoms with Crippen molar-refractivity contribution in [2.24, 2.45) is 0 Å². The molecule has 0 aliphatic heterocycles. The van der Waals surface area contributed by atoms with Gasteiger partial charge in [-0.05, 0) is 0 Å². The third-order valence-electron chi connectivity index (χ3n) is 0. The summed E-state index contributed by atoms with van der Waals surface area (Å²) in [7, 11) is -2.92. The molecule has 0 fully saturated rings. The molecule has 0 unspecified atom stereocenters. The average molecular weight is 305 g/mol. The molecule has 0 aliphatic rings. The normalized spacial score (nSPS) is 4.50. The van der Waals surface area contributed by atoms with E-state index in [4.69, 9.17) is 15.1 Å². The van der Waals surface area contributed by atoms with Crippen LogP contribution in [0.5, 0.6) is 0 Å². The zero-order chi connectivity index (χ0) is 3.58. The first-order valence-corrected chi connectivity index (χ1v) is 0.707. The van der Waals surface area contributed by atoms with E-state index in [0.717, 1.165) is 0 Å². The largest absolute Gasteiger partial charge is 3.00 e. The summed E-state index contributed by atoms with van der Waals surface area (Å²) in [4.78, 5) is 0. The van der Waals surface area contributed by atoms with Gasteiger partial charge < -0.3 is 15.1 Å². The van der Waals surface area contributed by atoms with Crippen molar-refractivity contribution in [2.45, 2.75) is 0 Å². The van der Waals surface area contributed by atoms with Crippen LogP contribution in [0.2, 0.25) is 0 Å². The molecule has 0 bridgehead atoms. The fraction of sp³-hybridized carbons (Fsp3) is 0. The summed E-state index contributed by atoms with van der Waals surface area (Å²) in [5.74, 6) is 0. The van der Waals surface area contributed by atoms with Crippen molar-refractivity contribution >= 4 is 7.32 Å².